The molecule has 0 heterocycles. The highest BCUT2D eigenvalue weighted by molar-refractivity contribution is 7.59. The van der Waals surface area contributed by atoms with Gasteiger partial charge in [-0.1, -0.05) is 12.1 Å². The summed E-state index contributed by atoms with van der Waals surface area (Å²) in [5.74, 6) is 0. The molecular weight excluding hydrogens is 346 g/mol. The fraction of sp³-hybridized carbons (Fsp3) is 0.650. The van der Waals surface area contributed by atoms with Gasteiger partial charge in [-0.05, 0) is 72.6 Å². The van der Waals surface area contributed by atoms with Gasteiger partial charge in [-0.3, -0.25) is 4.90 Å². The van der Waals surface area contributed by atoms with Crippen LogP contribution in [0.25, 0.3) is 0 Å². The molecule has 0 saturated carbocycles. The second-order valence-electron chi connectivity index (χ2n) is 8.17. The lowest BCUT2D eigenvalue weighted by Gasteiger charge is -2.34. The summed E-state index contributed by atoms with van der Waals surface area (Å²) in [5, 5.41) is 3.04. The Labute approximate surface area is 166 Å². The van der Waals surface area contributed by atoms with Gasteiger partial charge in [0.15, 0.2) is 0 Å². The number of carbonyl (C=O) groups is 1. The molecule has 0 spiro atoms. The summed E-state index contributed by atoms with van der Waals surface area (Å²) >= 11 is 0. The normalized spacial score (nSPS) is 12.8. The predicted molar refractivity (Wildman–Crippen MR) is 115 cm³/mol. The molecule has 6 heteroatoms. The Kier molecular flexibility index (Phi) is 10.1. The summed E-state index contributed by atoms with van der Waals surface area (Å²) in [4.78, 5) is 14.6. The molecule has 0 aromatic heterocycles. The Bertz CT molecular complexity index is 531. The van der Waals surface area contributed by atoms with Crippen molar-refractivity contribution in [3.8, 4) is 0 Å². The van der Waals surface area contributed by atoms with Gasteiger partial charge in [0, 0.05) is 30.4 Å². The van der Waals surface area contributed by atoms with E-state index in [-0.39, 0.29) is 25.6 Å². The van der Waals surface area contributed by atoms with Gasteiger partial charge >= 0.3 is 6.09 Å². The number of ether oxygens (including phenoxy) is 1. The number of alkyl carbamates (subject to hydrolysis) is 1. The summed E-state index contributed by atoms with van der Waals surface area (Å²) in [7, 11) is 0. The number of hydrogen-bond donors (Lipinski definition) is 2. The van der Waals surface area contributed by atoms with E-state index in [9.17, 15) is 4.79 Å². The fourth-order valence-corrected chi connectivity index (χ4v) is 2.85. The molecule has 0 aliphatic heterocycles. The number of carbonyl (C=O) groups excluding carboxylic acids is 1. The average molecular weight is 384 g/mol. The maximum atomic E-state index is 12.3. The van der Waals surface area contributed by atoms with E-state index in [0.29, 0.717) is 12.1 Å². The third-order valence-corrected chi connectivity index (χ3v) is 3.94. The van der Waals surface area contributed by atoms with Gasteiger partial charge in [-0.15, -0.1) is 0 Å². The van der Waals surface area contributed by atoms with Crippen molar-refractivity contribution in [2.45, 2.75) is 78.6 Å². The van der Waals surface area contributed by atoms with Crippen LogP contribution in [-0.2, 0) is 11.2 Å². The Morgan fingerprint density at radius 1 is 1.12 bits per heavy atom. The van der Waals surface area contributed by atoms with Crippen LogP contribution in [0.1, 0.15) is 54.0 Å². The number of hydrogen-bond acceptors (Lipinski definition) is 4. The van der Waals surface area contributed by atoms with Crippen LogP contribution in [0.4, 0.5) is 10.5 Å². The number of anilines is 1. The van der Waals surface area contributed by atoms with Crippen LogP contribution >= 0.6 is 13.5 Å². The minimum absolute atomic E-state index is 0. The summed E-state index contributed by atoms with van der Waals surface area (Å²) in [6, 6.07) is 8.56. The predicted octanol–water partition coefficient (Wildman–Crippen LogP) is 3.94. The van der Waals surface area contributed by atoms with Crippen molar-refractivity contribution in [3.63, 3.8) is 0 Å². The first-order chi connectivity index (χ1) is 11.5. The lowest BCUT2D eigenvalue weighted by Crippen LogP contribution is -2.50. The van der Waals surface area contributed by atoms with Crippen molar-refractivity contribution < 1.29 is 9.53 Å². The summed E-state index contributed by atoms with van der Waals surface area (Å²) in [5.41, 5.74) is 7.14. The van der Waals surface area contributed by atoms with Crippen LogP contribution in [0.2, 0.25) is 0 Å². The quantitative estimate of drug-likeness (QED) is 0.700. The van der Waals surface area contributed by atoms with Crippen LogP contribution < -0.4 is 11.1 Å². The molecular formula is C20H37N3O2S. The molecule has 0 fully saturated rings. The zero-order valence-electron chi connectivity index (χ0n) is 17.3. The Morgan fingerprint density at radius 2 is 1.62 bits per heavy atom. The van der Waals surface area contributed by atoms with Gasteiger partial charge in [0.2, 0.25) is 0 Å². The van der Waals surface area contributed by atoms with Crippen molar-refractivity contribution in [2.24, 2.45) is 0 Å². The zero-order chi connectivity index (χ0) is 19.2. The van der Waals surface area contributed by atoms with E-state index >= 15 is 0 Å². The Balaban J connectivity index is 0.00000625. The molecule has 0 saturated heterocycles. The molecule has 1 atom stereocenters. The van der Waals surface area contributed by atoms with Crippen LogP contribution in [-0.4, -0.2) is 41.3 Å². The molecule has 0 radical (unpaired) electrons. The molecule has 0 bridgehead atoms. The Morgan fingerprint density at radius 3 is 2.04 bits per heavy atom. The first-order valence-electron chi connectivity index (χ1n) is 9.07. The SMILES string of the molecule is CC(C)N(C[C@H](Cc1ccc(N)cc1)NC(=O)OC(C)(C)C)C(C)C.S. The van der Waals surface area contributed by atoms with Crippen LogP contribution in [0.3, 0.4) is 0 Å². The fourth-order valence-electron chi connectivity index (χ4n) is 2.85. The van der Waals surface area contributed by atoms with Gasteiger partial charge < -0.3 is 15.8 Å². The first kappa shape index (κ1) is 24.6. The summed E-state index contributed by atoms with van der Waals surface area (Å²) in [6.45, 7) is 15.1. The van der Waals surface area contributed by atoms with Gasteiger partial charge in [-0.25, -0.2) is 4.79 Å². The Hall–Kier alpha value is -1.40. The minimum atomic E-state index is -0.508. The van der Waals surface area contributed by atoms with E-state index in [1.54, 1.807) is 0 Å². The topological polar surface area (TPSA) is 67.6 Å². The molecule has 1 amide bonds. The largest absolute Gasteiger partial charge is 0.444 e. The maximum absolute atomic E-state index is 12.3. The van der Waals surface area contributed by atoms with Crippen LogP contribution in [0.15, 0.2) is 24.3 Å². The highest BCUT2D eigenvalue weighted by Crippen LogP contribution is 2.13. The molecule has 0 unspecified atom stereocenters. The van der Waals surface area contributed by atoms with Crippen LogP contribution in [0, 0.1) is 0 Å². The van der Waals surface area contributed by atoms with Gasteiger partial charge in [0.25, 0.3) is 0 Å². The average Bonchev–Trinajstić information content (AvgIpc) is 2.44. The lowest BCUT2D eigenvalue weighted by molar-refractivity contribution is 0.0477. The molecule has 26 heavy (non-hydrogen) atoms. The molecule has 3 N–H and O–H groups in total. The van der Waals surface area contributed by atoms with Crippen molar-refractivity contribution in [3.05, 3.63) is 29.8 Å². The standard InChI is InChI=1S/C20H35N3O2.H2S/c1-14(2)23(15(3)4)13-18(22-19(24)25-20(5,6)7)12-16-8-10-17(21)11-9-16;/h8-11,14-15,18H,12-13,21H2,1-7H3,(H,22,24);1H2/t18-;/m0./s1. The molecule has 150 valence electrons. The van der Waals surface area contributed by atoms with Gasteiger partial charge in [0.1, 0.15) is 5.60 Å². The maximum Gasteiger partial charge on any atom is 0.407 e. The second kappa shape index (κ2) is 10.7. The van der Waals surface area contributed by atoms with Gasteiger partial charge in [0.05, 0.1) is 0 Å². The second-order valence-corrected chi connectivity index (χ2v) is 8.17. The number of rotatable bonds is 7. The van der Waals surface area contributed by atoms with E-state index in [2.05, 4.69) is 37.9 Å². The van der Waals surface area contributed by atoms with Crippen molar-refractivity contribution in [2.75, 3.05) is 12.3 Å². The highest BCUT2D eigenvalue weighted by atomic mass is 32.1. The number of nitrogens with zero attached hydrogens (tertiary/aromatic N) is 1. The zero-order valence-corrected chi connectivity index (χ0v) is 18.3. The third kappa shape index (κ3) is 9.34. The van der Waals surface area contributed by atoms with E-state index < -0.39 is 5.60 Å². The van der Waals surface area contributed by atoms with E-state index in [0.717, 1.165) is 24.2 Å². The van der Waals surface area contributed by atoms with Crippen LogP contribution in [0.5, 0.6) is 0 Å². The highest BCUT2D eigenvalue weighted by Gasteiger charge is 2.23. The minimum Gasteiger partial charge on any atom is -0.444 e. The van der Waals surface area contributed by atoms with Gasteiger partial charge in [-0.2, -0.15) is 13.5 Å². The number of nitrogens with two attached hydrogens (primary N) is 1. The van der Waals surface area contributed by atoms with Crippen molar-refractivity contribution in [1.82, 2.24) is 10.2 Å². The third-order valence-electron chi connectivity index (χ3n) is 3.94. The number of amides is 1. The smallest absolute Gasteiger partial charge is 0.407 e. The molecule has 1 aromatic rings. The number of nitrogens with one attached hydrogen (secondary N) is 1. The molecule has 0 aliphatic rings. The van der Waals surface area contributed by atoms with E-state index in [4.69, 9.17) is 10.5 Å². The van der Waals surface area contributed by atoms with Crippen molar-refractivity contribution >= 4 is 25.3 Å². The monoisotopic (exact) mass is 383 g/mol. The molecule has 0 aliphatic carbocycles. The molecule has 5 nitrogen and oxygen atoms in total. The van der Waals surface area contributed by atoms with E-state index in [1.165, 1.54) is 0 Å². The summed E-state index contributed by atoms with van der Waals surface area (Å²) in [6.07, 6.45) is 0.357. The summed E-state index contributed by atoms with van der Waals surface area (Å²) < 4.78 is 5.44. The number of benzene rings is 1. The molecule has 1 rings (SSSR count). The van der Waals surface area contributed by atoms with E-state index in [1.807, 2.05) is 45.0 Å². The number of nitrogen functional groups attached to an aromatic ring is 1. The first-order valence-corrected chi connectivity index (χ1v) is 9.07. The van der Waals surface area contributed by atoms with Crippen molar-refractivity contribution in [1.29, 1.82) is 0 Å². The lowest BCUT2D eigenvalue weighted by atomic mass is 10.0. The molecule has 1 aromatic carbocycles.